The molecule has 0 radical (unpaired) electrons. The lowest BCUT2D eigenvalue weighted by Crippen LogP contribution is -2.26. The van der Waals surface area contributed by atoms with E-state index in [1.54, 1.807) is 6.21 Å². The van der Waals surface area contributed by atoms with Crippen molar-refractivity contribution in [3.63, 3.8) is 0 Å². The number of rotatable bonds is 6. The Labute approximate surface area is 179 Å². The molecular weight excluding hydrogens is 430 g/mol. The lowest BCUT2D eigenvalue weighted by atomic mass is 10.1. The van der Waals surface area contributed by atoms with Crippen LogP contribution in [0.25, 0.3) is 5.69 Å². The second-order valence-corrected chi connectivity index (χ2v) is 7.62. The van der Waals surface area contributed by atoms with Gasteiger partial charge in [0.15, 0.2) is 6.10 Å². The second-order valence-electron chi connectivity index (χ2n) is 6.83. The van der Waals surface area contributed by atoms with Crippen LogP contribution in [0.2, 0.25) is 0 Å². The number of hydrazone groups is 1. The number of aromatic nitrogens is 1. The first-order valence-corrected chi connectivity index (χ1v) is 10.1. The molecule has 3 aromatic rings. The van der Waals surface area contributed by atoms with Crippen LogP contribution in [-0.2, 0) is 9.53 Å². The van der Waals surface area contributed by atoms with Crippen molar-refractivity contribution in [2.75, 3.05) is 7.11 Å². The number of hydrogen-bond acceptors (Lipinski definition) is 3. The molecule has 29 heavy (non-hydrogen) atoms. The zero-order chi connectivity index (χ0) is 21.0. The van der Waals surface area contributed by atoms with E-state index in [9.17, 15) is 4.79 Å². The Kier molecular flexibility index (Phi) is 6.67. The summed E-state index contributed by atoms with van der Waals surface area (Å²) >= 11 is 3.66. The van der Waals surface area contributed by atoms with Gasteiger partial charge >= 0.3 is 0 Å². The topological polar surface area (TPSA) is 55.6 Å². The molecule has 1 amide bonds. The van der Waals surface area contributed by atoms with E-state index in [0.717, 1.165) is 32.7 Å². The summed E-state index contributed by atoms with van der Waals surface area (Å²) in [4.78, 5) is 12.5. The van der Waals surface area contributed by atoms with Crippen LogP contribution in [0.15, 0.2) is 64.2 Å². The molecule has 0 saturated heterocycles. The molecule has 1 N–H and O–H groups in total. The zero-order valence-corrected chi connectivity index (χ0v) is 18.5. The Hall–Kier alpha value is -2.70. The van der Waals surface area contributed by atoms with Crippen molar-refractivity contribution in [1.29, 1.82) is 0 Å². The van der Waals surface area contributed by atoms with Gasteiger partial charge < -0.3 is 9.30 Å². The first-order chi connectivity index (χ1) is 13.9. The van der Waals surface area contributed by atoms with Crippen LogP contribution in [0.4, 0.5) is 0 Å². The van der Waals surface area contributed by atoms with E-state index >= 15 is 0 Å². The highest BCUT2D eigenvalue weighted by atomic mass is 79.9. The Bertz CT molecular complexity index is 1020. The summed E-state index contributed by atoms with van der Waals surface area (Å²) < 4.78 is 8.45. The third-order valence-corrected chi connectivity index (χ3v) is 5.85. The molecule has 0 unspecified atom stereocenters. The molecule has 0 aliphatic rings. The third-order valence-electron chi connectivity index (χ3n) is 4.85. The van der Waals surface area contributed by atoms with Crippen molar-refractivity contribution in [3.05, 3.63) is 87.1 Å². The van der Waals surface area contributed by atoms with Gasteiger partial charge in [0.1, 0.15) is 0 Å². The Balaban J connectivity index is 1.81. The molecule has 6 heteroatoms. The quantitative estimate of drug-likeness (QED) is 0.421. The fourth-order valence-corrected chi connectivity index (χ4v) is 3.86. The van der Waals surface area contributed by atoms with Gasteiger partial charge in [0.2, 0.25) is 0 Å². The number of benzene rings is 2. The Morgan fingerprint density at radius 1 is 1.07 bits per heavy atom. The highest BCUT2D eigenvalue weighted by Gasteiger charge is 2.20. The molecule has 150 valence electrons. The average Bonchev–Trinajstić information content (AvgIpc) is 2.93. The van der Waals surface area contributed by atoms with Crippen molar-refractivity contribution in [2.24, 2.45) is 5.10 Å². The number of halogens is 1. The van der Waals surface area contributed by atoms with Gasteiger partial charge in [-0.3, -0.25) is 4.79 Å². The van der Waals surface area contributed by atoms with Crippen molar-refractivity contribution < 1.29 is 9.53 Å². The number of carbonyl (C=O) groups is 1. The highest BCUT2D eigenvalue weighted by molar-refractivity contribution is 9.10. The molecule has 2 aromatic carbocycles. The van der Waals surface area contributed by atoms with E-state index in [2.05, 4.69) is 62.2 Å². The molecule has 0 aliphatic heterocycles. The second kappa shape index (κ2) is 9.20. The number of hydrogen-bond donors (Lipinski definition) is 1. The van der Waals surface area contributed by atoms with Gasteiger partial charge in [0, 0.05) is 34.2 Å². The normalized spacial score (nSPS) is 12.3. The molecule has 0 saturated carbocycles. The summed E-state index contributed by atoms with van der Waals surface area (Å²) in [6.07, 6.45) is 0.948. The highest BCUT2D eigenvalue weighted by Crippen LogP contribution is 2.29. The van der Waals surface area contributed by atoms with E-state index in [4.69, 9.17) is 4.74 Å². The van der Waals surface area contributed by atoms with Gasteiger partial charge in [-0.05, 0) is 54.4 Å². The smallest absolute Gasteiger partial charge is 0.273 e. The van der Waals surface area contributed by atoms with Crippen LogP contribution >= 0.6 is 15.9 Å². The molecule has 1 heterocycles. The van der Waals surface area contributed by atoms with Gasteiger partial charge in [0.25, 0.3) is 5.91 Å². The van der Waals surface area contributed by atoms with Gasteiger partial charge in [0.05, 0.1) is 6.21 Å². The maximum absolute atomic E-state index is 12.5. The first kappa shape index (κ1) is 21.0. The van der Waals surface area contributed by atoms with E-state index in [1.807, 2.05) is 44.2 Å². The molecule has 1 aromatic heterocycles. The summed E-state index contributed by atoms with van der Waals surface area (Å²) in [5.74, 6) is -0.321. The van der Waals surface area contributed by atoms with Crippen LogP contribution in [-0.4, -0.2) is 23.8 Å². The standard InChI is InChI=1S/C23H24BrN3O2/c1-15-10-12-19(13-11-15)27-16(2)20(21(24)17(27)3)14-25-26-23(28)22(29-4)18-8-6-5-7-9-18/h5-14,22H,1-4H3,(H,26,28)/b25-14-/t22-/m0/s1. The summed E-state index contributed by atoms with van der Waals surface area (Å²) in [7, 11) is 1.51. The number of nitrogens with zero attached hydrogens (tertiary/aromatic N) is 2. The van der Waals surface area contributed by atoms with E-state index in [1.165, 1.54) is 12.7 Å². The number of ether oxygens (including phenoxy) is 1. The van der Waals surface area contributed by atoms with Gasteiger partial charge in [-0.2, -0.15) is 5.10 Å². The van der Waals surface area contributed by atoms with Crippen LogP contribution in [0.3, 0.4) is 0 Å². The fraction of sp³-hybridized carbons (Fsp3) is 0.217. The first-order valence-electron chi connectivity index (χ1n) is 9.29. The van der Waals surface area contributed by atoms with Gasteiger partial charge in [-0.1, -0.05) is 48.0 Å². The Morgan fingerprint density at radius 2 is 1.72 bits per heavy atom. The van der Waals surface area contributed by atoms with Crippen LogP contribution in [0, 0.1) is 20.8 Å². The molecule has 0 bridgehead atoms. The van der Waals surface area contributed by atoms with E-state index < -0.39 is 6.10 Å². The summed E-state index contributed by atoms with van der Waals surface area (Å²) in [6.45, 7) is 6.14. The lowest BCUT2D eigenvalue weighted by Gasteiger charge is -2.13. The number of nitrogens with one attached hydrogen (secondary N) is 1. The van der Waals surface area contributed by atoms with E-state index in [0.29, 0.717) is 0 Å². The Morgan fingerprint density at radius 3 is 2.34 bits per heavy atom. The van der Waals surface area contributed by atoms with Crippen molar-refractivity contribution in [2.45, 2.75) is 26.9 Å². The van der Waals surface area contributed by atoms with Crippen LogP contribution in [0.5, 0.6) is 0 Å². The summed E-state index contributed by atoms with van der Waals surface area (Å²) in [5.41, 5.74) is 8.67. The van der Waals surface area contributed by atoms with Gasteiger partial charge in [-0.25, -0.2) is 5.43 Å². The van der Waals surface area contributed by atoms with E-state index in [-0.39, 0.29) is 5.91 Å². The number of aryl methyl sites for hydroxylation is 1. The van der Waals surface area contributed by atoms with Crippen molar-refractivity contribution in [3.8, 4) is 5.69 Å². The van der Waals surface area contributed by atoms with Gasteiger partial charge in [-0.15, -0.1) is 0 Å². The SMILES string of the molecule is CO[C@H](C(=O)N/N=C\c1c(Br)c(C)n(-c2ccc(C)cc2)c1C)c1ccccc1. The molecule has 0 fully saturated rings. The zero-order valence-electron chi connectivity index (χ0n) is 16.9. The monoisotopic (exact) mass is 453 g/mol. The number of carbonyl (C=O) groups excluding carboxylic acids is 1. The van der Waals surface area contributed by atoms with Crippen LogP contribution in [0.1, 0.15) is 34.2 Å². The van der Waals surface area contributed by atoms with Crippen molar-refractivity contribution in [1.82, 2.24) is 9.99 Å². The lowest BCUT2D eigenvalue weighted by molar-refractivity contribution is -0.131. The molecular formula is C23H24BrN3O2. The minimum atomic E-state index is -0.711. The number of amides is 1. The predicted molar refractivity (Wildman–Crippen MR) is 120 cm³/mol. The van der Waals surface area contributed by atoms with Crippen LogP contribution < -0.4 is 5.43 Å². The minimum Gasteiger partial charge on any atom is -0.367 e. The summed E-state index contributed by atoms with van der Waals surface area (Å²) in [5, 5.41) is 4.17. The summed E-state index contributed by atoms with van der Waals surface area (Å²) in [6, 6.07) is 17.7. The molecule has 5 nitrogen and oxygen atoms in total. The average molecular weight is 454 g/mol. The fourth-order valence-electron chi connectivity index (χ4n) is 3.30. The number of methoxy groups -OCH3 is 1. The largest absolute Gasteiger partial charge is 0.367 e. The predicted octanol–water partition coefficient (Wildman–Crippen LogP) is 5.00. The molecule has 0 spiro atoms. The maximum Gasteiger partial charge on any atom is 0.273 e. The third kappa shape index (κ3) is 4.49. The molecule has 1 atom stereocenters. The van der Waals surface area contributed by atoms with Crippen molar-refractivity contribution >= 4 is 28.1 Å². The minimum absolute atomic E-state index is 0.321. The molecule has 3 rings (SSSR count). The maximum atomic E-state index is 12.5. The molecule has 0 aliphatic carbocycles.